The first-order valence-electron chi connectivity index (χ1n) is 4.28. The quantitative estimate of drug-likeness (QED) is 0.441. The molecule has 17 heavy (non-hydrogen) atoms. The molecule has 0 radical (unpaired) electrons. The Morgan fingerprint density at radius 3 is 2.35 bits per heavy atom. The van der Waals surface area contributed by atoms with E-state index < -0.39 is 5.69 Å². The molecule has 1 heterocycles. The Kier molecular flexibility index (Phi) is 6.30. The van der Waals surface area contributed by atoms with Crippen LogP contribution in [0.1, 0.15) is 0 Å². The van der Waals surface area contributed by atoms with Crippen molar-refractivity contribution in [2.45, 2.75) is 13.1 Å². The van der Waals surface area contributed by atoms with Gasteiger partial charge >= 0.3 is 5.69 Å². The van der Waals surface area contributed by atoms with Gasteiger partial charge in [0.15, 0.2) is 0 Å². The minimum absolute atomic E-state index is 0.0811. The maximum absolute atomic E-state index is 11.9. The van der Waals surface area contributed by atoms with Crippen LogP contribution in [-0.2, 0) is 13.1 Å². The van der Waals surface area contributed by atoms with E-state index in [9.17, 15) is 9.59 Å². The average molecular weight is 519 g/mol. The Balaban J connectivity index is 3.39. The van der Waals surface area contributed by atoms with Crippen LogP contribution in [0.25, 0.3) is 0 Å². The summed E-state index contributed by atoms with van der Waals surface area (Å²) < 4.78 is 8.05. The molecule has 7 heteroatoms. The molecule has 88 valence electrons. The van der Waals surface area contributed by atoms with Gasteiger partial charge in [0.2, 0.25) is 0 Å². The Morgan fingerprint density at radius 2 is 1.76 bits per heavy atom. The molecule has 0 amide bonds. The van der Waals surface area contributed by atoms with Gasteiger partial charge in [0, 0.05) is 51.4 Å². The summed E-state index contributed by atoms with van der Waals surface area (Å²) in [6, 6.07) is 0. The number of rotatable bonds is 2. The van der Waals surface area contributed by atoms with Crippen LogP contribution in [0.4, 0.5) is 0 Å². The maximum Gasteiger partial charge on any atom is 0.332 e. The van der Waals surface area contributed by atoms with Crippen LogP contribution in [-0.4, -0.2) is 9.13 Å². The van der Waals surface area contributed by atoms with E-state index in [-0.39, 0.29) is 18.6 Å². The van der Waals surface area contributed by atoms with Gasteiger partial charge < -0.3 is 0 Å². The van der Waals surface area contributed by atoms with Crippen LogP contribution in [0, 0.1) is 19.7 Å². The predicted octanol–water partition coefficient (Wildman–Crippen LogP) is 1.56. The van der Waals surface area contributed by atoms with Crippen molar-refractivity contribution < 1.29 is 0 Å². The van der Waals surface area contributed by atoms with Crippen LogP contribution < -0.4 is 11.2 Å². The maximum atomic E-state index is 11.9. The highest BCUT2D eigenvalue weighted by Gasteiger charge is 2.07. The highest BCUT2D eigenvalue weighted by Crippen LogP contribution is 1.99. The monoisotopic (exact) mass is 518 g/mol. The van der Waals surface area contributed by atoms with Crippen molar-refractivity contribution in [1.82, 2.24) is 9.13 Å². The number of hydrogen-bond acceptors (Lipinski definition) is 2. The van der Waals surface area contributed by atoms with Crippen molar-refractivity contribution in [3.63, 3.8) is 0 Å². The summed E-state index contributed by atoms with van der Waals surface area (Å²) in [5.41, 5.74) is -0.788. The number of nitrogens with zero attached hydrogens (tertiary/aromatic N) is 2. The summed E-state index contributed by atoms with van der Waals surface area (Å²) in [7, 11) is 0. The molecule has 0 aliphatic rings. The second-order valence-electron chi connectivity index (χ2n) is 2.82. The van der Waals surface area contributed by atoms with E-state index in [0.717, 1.165) is 4.57 Å². The lowest BCUT2D eigenvalue weighted by Gasteiger charge is -2.06. The van der Waals surface area contributed by atoms with Gasteiger partial charge in [0.05, 0.1) is 17.6 Å². The van der Waals surface area contributed by atoms with Gasteiger partial charge in [-0.3, -0.25) is 9.36 Å². The summed E-state index contributed by atoms with van der Waals surface area (Å²) in [5, 5.41) is 0. The number of hydrogen-bond donors (Lipinski definition) is 0. The molecule has 0 aliphatic carbocycles. The van der Waals surface area contributed by atoms with Crippen LogP contribution in [0.15, 0.2) is 20.3 Å². The van der Waals surface area contributed by atoms with Crippen LogP contribution >= 0.6 is 61.1 Å². The first-order chi connectivity index (χ1) is 8.11. The van der Waals surface area contributed by atoms with Crippen molar-refractivity contribution >= 4 is 61.1 Å². The van der Waals surface area contributed by atoms with Crippen LogP contribution in [0.2, 0.25) is 0 Å². The zero-order valence-corrected chi connectivity index (χ0v) is 14.2. The fraction of sp³-hybridized carbons (Fsp3) is 0.200. The highest BCUT2D eigenvalue weighted by molar-refractivity contribution is 14.1. The molecular weight excluding hydrogens is 514 g/mol. The van der Waals surface area contributed by atoms with Gasteiger partial charge in [-0.05, 0) is 23.8 Å². The van der Waals surface area contributed by atoms with Gasteiger partial charge in [-0.1, -0.05) is 11.8 Å². The van der Waals surface area contributed by atoms with E-state index in [1.807, 2.05) is 45.2 Å². The van der Waals surface area contributed by atoms with Crippen molar-refractivity contribution in [2.24, 2.45) is 0 Å². The van der Waals surface area contributed by atoms with Crippen molar-refractivity contribution in [3.05, 3.63) is 31.5 Å². The molecule has 0 spiro atoms. The SMILES string of the molecule is O=c1c(Br)cn(CC#CI)c(=O)n1CC#CI. The molecule has 0 atom stereocenters. The van der Waals surface area contributed by atoms with Crippen molar-refractivity contribution in [1.29, 1.82) is 0 Å². The molecule has 4 nitrogen and oxygen atoms in total. The zero-order chi connectivity index (χ0) is 12.8. The Labute approximate surface area is 133 Å². The second-order valence-corrected chi connectivity index (χ2v) is 4.75. The minimum Gasteiger partial charge on any atom is -0.288 e. The first-order valence-corrected chi connectivity index (χ1v) is 7.23. The summed E-state index contributed by atoms with van der Waals surface area (Å²) in [5.74, 6) is 5.45. The molecule has 0 fully saturated rings. The van der Waals surface area contributed by atoms with Crippen LogP contribution in [0.5, 0.6) is 0 Å². The molecule has 1 rings (SSSR count). The summed E-state index contributed by atoms with van der Waals surface area (Å²) in [6.07, 6.45) is 1.44. The lowest BCUT2D eigenvalue weighted by Crippen LogP contribution is -2.39. The summed E-state index contributed by atoms with van der Waals surface area (Å²) >= 11 is 6.87. The second kappa shape index (κ2) is 7.24. The molecule has 1 aromatic rings. The van der Waals surface area contributed by atoms with Crippen molar-refractivity contribution in [3.8, 4) is 19.7 Å². The van der Waals surface area contributed by atoms with E-state index in [4.69, 9.17) is 0 Å². The number of halogens is 3. The van der Waals surface area contributed by atoms with Crippen LogP contribution in [0.3, 0.4) is 0 Å². The minimum atomic E-state index is -0.406. The fourth-order valence-corrected chi connectivity index (χ4v) is 1.90. The molecule has 0 saturated carbocycles. The van der Waals surface area contributed by atoms with E-state index in [0.29, 0.717) is 4.47 Å². The molecule has 0 unspecified atom stereocenters. The third-order valence-corrected chi connectivity index (χ3v) is 3.12. The standard InChI is InChI=1S/C10H5BrI2N2O2/c11-8-7-14(5-1-3-12)10(17)15(9(8)16)6-2-4-13/h7H,5-6H2. The molecule has 0 bridgehead atoms. The van der Waals surface area contributed by atoms with E-state index in [1.165, 1.54) is 10.8 Å². The molecule has 1 aromatic heterocycles. The Bertz CT molecular complexity index is 655. The van der Waals surface area contributed by atoms with E-state index >= 15 is 0 Å². The summed E-state index contributed by atoms with van der Waals surface area (Å²) in [6.45, 7) is 0.329. The molecule has 0 aliphatic heterocycles. The van der Waals surface area contributed by atoms with Gasteiger partial charge in [-0.2, -0.15) is 0 Å². The topological polar surface area (TPSA) is 44.0 Å². The first kappa shape index (κ1) is 14.8. The highest BCUT2D eigenvalue weighted by atomic mass is 127. The zero-order valence-electron chi connectivity index (χ0n) is 8.34. The van der Waals surface area contributed by atoms with Gasteiger partial charge in [0.1, 0.15) is 0 Å². The largest absolute Gasteiger partial charge is 0.332 e. The normalized spacial score (nSPS) is 8.88. The Hall–Kier alpha value is -0.260. The third-order valence-electron chi connectivity index (χ3n) is 1.82. The van der Waals surface area contributed by atoms with Gasteiger partial charge in [-0.15, -0.1) is 0 Å². The summed E-state index contributed by atoms with van der Waals surface area (Å²) in [4.78, 5) is 23.6. The third kappa shape index (κ3) is 3.86. The molecule has 0 N–H and O–H groups in total. The molecular formula is C10H5BrI2N2O2. The lowest BCUT2D eigenvalue weighted by atomic mass is 10.5. The van der Waals surface area contributed by atoms with E-state index in [1.54, 1.807) is 0 Å². The molecule has 0 aromatic carbocycles. The van der Waals surface area contributed by atoms with Gasteiger partial charge in [0.25, 0.3) is 5.56 Å². The number of aromatic nitrogens is 2. The predicted molar refractivity (Wildman–Crippen MR) is 86.3 cm³/mol. The van der Waals surface area contributed by atoms with Gasteiger partial charge in [-0.25, -0.2) is 9.36 Å². The average Bonchev–Trinajstić information content (AvgIpc) is 2.32. The van der Waals surface area contributed by atoms with Crippen molar-refractivity contribution in [2.75, 3.05) is 0 Å². The smallest absolute Gasteiger partial charge is 0.288 e. The van der Waals surface area contributed by atoms with E-state index in [2.05, 4.69) is 35.6 Å². The Morgan fingerprint density at radius 1 is 1.18 bits per heavy atom. The fourth-order valence-electron chi connectivity index (χ4n) is 1.09. The molecule has 0 saturated heterocycles. The lowest BCUT2D eigenvalue weighted by molar-refractivity contribution is 0.632.